The summed E-state index contributed by atoms with van der Waals surface area (Å²) < 4.78 is 1.82. The predicted molar refractivity (Wildman–Crippen MR) is 149 cm³/mol. The van der Waals surface area contributed by atoms with Crippen LogP contribution in [0.25, 0.3) is 11.3 Å². The number of nitrogens with one attached hydrogen (secondary N) is 2. The number of nitrogens with zero attached hydrogens (tertiary/aromatic N) is 4. The van der Waals surface area contributed by atoms with Crippen LogP contribution in [-0.2, 0) is 11.8 Å². The van der Waals surface area contributed by atoms with E-state index < -0.39 is 0 Å². The van der Waals surface area contributed by atoms with Crippen molar-refractivity contribution in [1.29, 1.82) is 0 Å². The predicted octanol–water partition coefficient (Wildman–Crippen LogP) is 5.76. The normalized spacial score (nSPS) is 11.9. The molecule has 0 saturated carbocycles. The molecule has 0 aliphatic carbocycles. The number of carbonyl (C=O) groups excluding carboxylic acids is 2. The largest absolute Gasteiger partial charge is 0.342 e. The van der Waals surface area contributed by atoms with Crippen molar-refractivity contribution < 1.29 is 9.59 Å². The summed E-state index contributed by atoms with van der Waals surface area (Å²) in [4.78, 5) is 29.9. The van der Waals surface area contributed by atoms with Gasteiger partial charge in [-0.2, -0.15) is 0 Å². The fourth-order valence-corrected chi connectivity index (χ4v) is 5.21. The first-order valence-corrected chi connectivity index (χ1v) is 13.9. The number of halogens is 1. The van der Waals surface area contributed by atoms with Crippen molar-refractivity contribution in [3.8, 4) is 11.3 Å². The minimum absolute atomic E-state index is 0.0811. The minimum Gasteiger partial charge on any atom is -0.342 e. The Hall–Kier alpha value is -3.21. The van der Waals surface area contributed by atoms with Crippen LogP contribution in [0.4, 0.5) is 5.13 Å². The fourth-order valence-electron chi connectivity index (χ4n) is 3.63. The van der Waals surface area contributed by atoms with Gasteiger partial charge in [-0.1, -0.05) is 67.0 Å². The maximum absolute atomic E-state index is 12.9. The number of aromatic nitrogens is 4. The number of anilines is 1. The summed E-state index contributed by atoms with van der Waals surface area (Å²) in [6.45, 7) is 5.98. The van der Waals surface area contributed by atoms with Crippen LogP contribution in [0.5, 0.6) is 0 Å². The van der Waals surface area contributed by atoms with Crippen molar-refractivity contribution in [3.05, 3.63) is 75.9 Å². The molecule has 8 nitrogen and oxygen atoms in total. The van der Waals surface area contributed by atoms with Gasteiger partial charge in [-0.3, -0.25) is 9.59 Å². The zero-order valence-electron chi connectivity index (χ0n) is 20.9. The molecule has 1 atom stereocenters. The van der Waals surface area contributed by atoms with E-state index in [2.05, 4.69) is 25.8 Å². The second kappa shape index (κ2) is 11.9. The van der Waals surface area contributed by atoms with E-state index in [-0.39, 0.29) is 29.5 Å². The Labute approximate surface area is 228 Å². The topological polar surface area (TPSA) is 102 Å². The number of rotatable bonds is 9. The maximum atomic E-state index is 12.9. The van der Waals surface area contributed by atoms with Gasteiger partial charge in [0, 0.05) is 28.6 Å². The summed E-state index contributed by atoms with van der Waals surface area (Å²) >= 11 is 8.58. The van der Waals surface area contributed by atoms with E-state index in [1.807, 2.05) is 68.1 Å². The Bertz CT molecular complexity index is 1400. The Morgan fingerprint density at radius 1 is 1.14 bits per heavy atom. The highest BCUT2D eigenvalue weighted by atomic mass is 35.5. The number of hydrogen-bond donors (Lipinski definition) is 2. The van der Waals surface area contributed by atoms with Gasteiger partial charge < -0.3 is 15.2 Å². The summed E-state index contributed by atoms with van der Waals surface area (Å²) in [5.74, 6) is 0.494. The lowest BCUT2D eigenvalue weighted by Gasteiger charge is -2.21. The smallest absolute Gasteiger partial charge is 0.251 e. The van der Waals surface area contributed by atoms with Gasteiger partial charge in [0.05, 0.1) is 17.5 Å². The fraction of sp³-hybridized carbons (Fsp3) is 0.269. The Morgan fingerprint density at radius 2 is 1.89 bits per heavy atom. The molecule has 0 aliphatic heterocycles. The minimum atomic E-state index is -0.338. The molecule has 2 aromatic heterocycles. The van der Waals surface area contributed by atoms with Crippen molar-refractivity contribution >= 4 is 51.6 Å². The van der Waals surface area contributed by atoms with E-state index >= 15 is 0 Å². The summed E-state index contributed by atoms with van der Waals surface area (Å²) in [6, 6.07) is 14.5. The summed E-state index contributed by atoms with van der Waals surface area (Å²) in [7, 11) is 1.84. The monoisotopic (exact) mass is 554 g/mol. The van der Waals surface area contributed by atoms with Crippen LogP contribution >= 0.6 is 34.7 Å². The highest BCUT2D eigenvalue weighted by Crippen LogP contribution is 2.27. The molecule has 2 heterocycles. The quantitative estimate of drug-likeness (QED) is 0.255. The third kappa shape index (κ3) is 6.76. The molecule has 11 heteroatoms. The molecular weight excluding hydrogens is 528 g/mol. The Kier molecular flexibility index (Phi) is 8.63. The van der Waals surface area contributed by atoms with Crippen LogP contribution in [0.1, 0.15) is 41.6 Å². The van der Waals surface area contributed by atoms with Gasteiger partial charge in [0.1, 0.15) is 0 Å². The van der Waals surface area contributed by atoms with E-state index in [9.17, 15) is 9.59 Å². The van der Waals surface area contributed by atoms with E-state index in [0.29, 0.717) is 26.7 Å². The molecule has 4 aromatic rings. The summed E-state index contributed by atoms with van der Waals surface area (Å²) in [6.07, 6.45) is 0. The lowest BCUT2D eigenvalue weighted by Crippen LogP contribution is -2.33. The number of thioether (sulfide) groups is 1. The van der Waals surface area contributed by atoms with Crippen LogP contribution in [-0.4, -0.2) is 37.3 Å². The molecule has 2 N–H and O–H groups in total. The first-order valence-electron chi connectivity index (χ1n) is 11.6. The molecular formula is C26H27ClN6O2S2. The van der Waals surface area contributed by atoms with Crippen LogP contribution < -0.4 is 10.6 Å². The van der Waals surface area contributed by atoms with Crippen molar-refractivity contribution in [3.63, 3.8) is 0 Å². The third-order valence-electron chi connectivity index (χ3n) is 5.60. The van der Waals surface area contributed by atoms with Crippen molar-refractivity contribution in [1.82, 2.24) is 25.1 Å². The highest BCUT2D eigenvalue weighted by Gasteiger charge is 2.25. The molecule has 0 bridgehead atoms. The molecule has 192 valence electrons. The molecule has 0 aliphatic rings. The van der Waals surface area contributed by atoms with Crippen molar-refractivity contribution in [2.24, 2.45) is 13.0 Å². The van der Waals surface area contributed by atoms with E-state index in [0.717, 1.165) is 16.8 Å². The second-order valence-electron chi connectivity index (χ2n) is 8.85. The molecule has 0 saturated heterocycles. The number of hydrogen-bond acceptors (Lipinski definition) is 7. The van der Waals surface area contributed by atoms with Crippen LogP contribution in [0.2, 0.25) is 5.02 Å². The first kappa shape index (κ1) is 26.8. The van der Waals surface area contributed by atoms with Gasteiger partial charge in [0.25, 0.3) is 5.91 Å². The van der Waals surface area contributed by atoms with Gasteiger partial charge in [-0.05, 0) is 37.1 Å². The summed E-state index contributed by atoms with van der Waals surface area (Å²) in [5, 5.41) is 18.2. The molecule has 2 amide bonds. The molecule has 4 rings (SSSR count). The summed E-state index contributed by atoms with van der Waals surface area (Å²) in [5.41, 5.74) is 3.31. The van der Waals surface area contributed by atoms with Crippen molar-refractivity contribution in [2.75, 3.05) is 11.1 Å². The molecule has 0 unspecified atom stereocenters. The lowest BCUT2D eigenvalue weighted by atomic mass is 10.0. The van der Waals surface area contributed by atoms with Gasteiger partial charge in [0.15, 0.2) is 16.1 Å². The third-order valence-corrected chi connectivity index (χ3v) is 7.63. The van der Waals surface area contributed by atoms with Gasteiger partial charge >= 0.3 is 0 Å². The Balaban J connectivity index is 1.37. The second-order valence-corrected chi connectivity index (χ2v) is 11.1. The average Bonchev–Trinajstić information content (AvgIpc) is 3.48. The van der Waals surface area contributed by atoms with Gasteiger partial charge in [-0.25, -0.2) is 4.98 Å². The Morgan fingerprint density at radius 3 is 2.59 bits per heavy atom. The van der Waals surface area contributed by atoms with Gasteiger partial charge in [0.2, 0.25) is 5.91 Å². The first-order chi connectivity index (χ1) is 17.7. The number of carbonyl (C=O) groups is 2. The number of thiazole rings is 1. The van der Waals surface area contributed by atoms with Gasteiger partial charge in [-0.15, -0.1) is 21.5 Å². The van der Waals surface area contributed by atoms with Crippen LogP contribution in [0.3, 0.4) is 0 Å². The molecule has 0 spiro atoms. The zero-order chi connectivity index (χ0) is 26.5. The van der Waals surface area contributed by atoms with Crippen LogP contribution in [0, 0.1) is 12.8 Å². The number of benzene rings is 2. The average molecular weight is 555 g/mol. The number of amides is 2. The maximum Gasteiger partial charge on any atom is 0.251 e. The van der Waals surface area contributed by atoms with Crippen LogP contribution in [0.15, 0.2) is 59.1 Å². The zero-order valence-corrected chi connectivity index (χ0v) is 23.2. The highest BCUT2D eigenvalue weighted by molar-refractivity contribution is 7.99. The molecule has 0 radical (unpaired) electrons. The van der Waals surface area contributed by atoms with E-state index in [1.54, 1.807) is 18.2 Å². The molecule has 0 fully saturated rings. The SMILES string of the molecule is Cc1cccc(C(=O)N[C@@H](c2nnc(SCC(=O)Nc3nc(-c4ccc(Cl)cc4)cs3)n2C)C(C)C)c1. The molecule has 37 heavy (non-hydrogen) atoms. The van der Waals surface area contributed by atoms with E-state index in [4.69, 9.17) is 11.6 Å². The standard InChI is InChI=1S/C26H27ClN6O2S2/c1-15(2)22(30-24(35)18-7-5-6-16(3)12-18)23-31-32-26(33(23)4)37-14-21(34)29-25-28-20(13-36-25)17-8-10-19(27)11-9-17/h5-13,15,22H,14H2,1-4H3,(H,30,35)(H,28,29,34)/t22-/m1/s1. The van der Waals surface area contributed by atoms with E-state index in [1.165, 1.54) is 23.1 Å². The molecule has 2 aromatic carbocycles. The van der Waals surface area contributed by atoms with Crippen molar-refractivity contribution in [2.45, 2.75) is 32.0 Å². The number of aryl methyl sites for hydroxylation is 1. The lowest BCUT2D eigenvalue weighted by molar-refractivity contribution is -0.113.